The molecule has 1 fully saturated rings. The van der Waals surface area contributed by atoms with Crippen molar-refractivity contribution in [1.82, 2.24) is 19.7 Å². The molecule has 0 saturated carbocycles. The van der Waals surface area contributed by atoms with E-state index in [1.165, 1.54) is 25.0 Å². The van der Waals surface area contributed by atoms with Gasteiger partial charge in [0.1, 0.15) is 5.69 Å². The van der Waals surface area contributed by atoms with Gasteiger partial charge in [-0.2, -0.15) is 23.3 Å². The molecular formula is C26H24F5N5O3. The van der Waals surface area contributed by atoms with Crippen LogP contribution < -0.4 is 9.64 Å². The molecule has 0 amide bonds. The molecule has 206 valence electrons. The van der Waals surface area contributed by atoms with Crippen LogP contribution in [-0.2, 0) is 29.1 Å². The van der Waals surface area contributed by atoms with Crippen LogP contribution in [0.1, 0.15) is 11.1 Å². The van der Waals surface area contributed by atoms with Crippen LogP contribution in [0, 0.1) is 11.6 Å². The van der Waals surface area contributed by atoms with Crippen LogP contribution in [0.3, 0.4) is 0 Å². The number of rotatable bonds is 7. The minimum absolute atomic E-state index is 0.0952. The van der Waals surface area contributed by atoms with Crippen LogP contribution >= 0.6 is 0 Å². The zero-order valence-corrected chi connectivity index (χ0v) is 21.0. The van der Waals surface area contributed by atoms with Crippen molar-refractivity contribution in [1.29, 1.82) is 0 Å². The monoisotopic (exact) mass is 549 g/mol. The molecule has 3 heterocycles. The number of aromatic nitrogens is 4. The van der Waals surface area contributed by atoms with E-state index in [9.17, 15) is 17.6 Å². The van der Waals surface area contributed by atoms with E-state index in [0.717, 1.165) is 5.56 Å². The predicted molar refractivity (Wildman–Crippen MR) is 131 cm³/mol. The average molecular weight is 550 g/mol. The van der Waals surface area contributed by atoms with E-state index >= 15 is 4.39 Å². The molecule has 5 rings (SSSR count). The number of fused-ring (bicyclic) bond motifs is 1. The zero-order valence-electron chi connectivity index (χ0n) is 21.0. The maximum absolute atomic E-state index is 15.3. The maximum atomic E-state index is 15.3. The van der Waals surface area contributed by atoms with E-state index in [-0.39, 0.29) is 22.8 Å². The highest BCUT2D eigenvalue weighted by atomic mass is 19.4. The van der Waals surface area contributed by atoms with Crippen LogP contribution in [-0.4, -0.2) is 59.5 Å². The highest BCUT2D eigenvalue weighted by molar-refractivity contribution is 5.91. The summed E-state index contributed by atoms with van der Waals surface area (Å²) in [6.45, 7) is 0.853. The summed E-state index contributed by atoms with van der Waals surface area (Å²) >= 11 is 0. The molecule has 8 nitrogen and oxygen atoms in total. The summed E-state index contributed by atoms with van der Waals surface area (Å²) in [6, 6.07) is 10.3. The summed E-state index contributed by atoms with van der Waals surface area (Å²) in [4.78, 5) is 10.9. The van der Waals surface area contributed by atoms with Crippen molar-refractivity contribution in [2.24, 2.45) is 7.05 Å². The third-order valence-electron chi connectivity index (χ3n) is 6.34. The van der Waals surface area contributed by atoms with Gasteiger partial charge in [0.05, 0.1) is 23.7 Å². The number of hydrogen-bond acceptors (Lipinski definition) is 7. The second-order valence-corrected chi connectivity index (χ2v) is 8.99. The maximum Gasteiger partial charge on any atom is 0.419 e. The van der Waals surface area contributed by atoms with Gasteiger partial charge in [-0.25, -0.2) is 18.4 Å². The Morgan fingerprint density at radius 2 is 1.90 bits per heavy atom. The minimum atomic E-state index is -5.11. The number of anilines is 1. The first kappa shape index (κ1) is 26.8. The normalized spacial score (nSPS) is 16.2. The molecule has 13 heteroatoms. The minimum Gasteiger partial charge on any atom is -0.461 e. The Kier molecular flexibility index (Phi) is 7.36. The summed E-state index contributed by atoms with van der Waals surface area (Å²) in [5, 5.41) is 4.39. The Bertz CT molecular complexity index is 1480. The zero-order chi connectivity index (χ0) is 27.7. The van der Waals surface area contributed by atoms with E-state index in [4.69, 9.17) is 9.47 Å². The van der Waals surface area contributed by atoms with E-state index in [1.54, 1.807) is 0 Å². The molecule has 0 unspecified atom stereocenters. The molecule has 0 spiro atoms. The fraction of sp³-hybridized carbons (Fsp3) is 0.346. The lowest BCUT2D eigenvalue weighted by Gasteiger charge is -2.33. The van der Waals surface area contributed by atoms with Crippen molar-refractivity contribution in [3.8, 4) is 17.0 Å². The number of ether oxygens (including phenoxy) is 3. The van der Waals surface area contributed by atoms with Crippen molar-refractivity contribution in [3.63, 3.8) is 0 Å². The SMILES string of the molecule is COCOc1c(F)c(-c2nn(C)c3nc(N4CCO[C@@H](Cc5ccccc5)C4)ncc23)cc(C(F)(F)F)c1F. The van der Waals surface area contributed by atoms with Crippen molar-refractivity contribution in [3.05, 3.63) is 65.4 Å². The van der Waals surface area contributed by atoms with E-state index < -0.39 is 41.5 Å². The molecule has 0 bridgehead atoms. The number of hydrogen-bond donors (Lipinski definition) is 0. The van der Waals surface area contributed by atoms with Crippen molar-refractivity contribution in [2.75, 3.05) is 38.5 Å². The highest BCUT2D eigenvalue weighted by Crippen LogP contribution is 2.42. The molecular weight excluding hydrogens is 525 g/mol. The van der Waals surface area contributed by atoms with Gasteiger partial charge in [-0.15, -0.1) is 0 Å². The van der Waals surface area contributed by atoms with Gasteiger partial charge in [0, 0.05) is 45.4 Å². The van der Waals surface area contributed by atoms with Crippen LogP contribution in [0.2, 0.25) is 0 Å². The Balaban J connectivity index is 1.51. The fourth-order valence-electron chi connectivity index (χ4n) is 4.52. The van der Waals surface area contributed by atoms with Gasteiger partial charge < -0.3 is 19.1 Å². The number of nitrogens with zero attached hydrogens (tertiary/aromatic N) is 5. The lowest BCUT2D eigenvalue weighted by molar-refractivity contribution is -0.140. The van der Waals surface area contributed by atoms with Crippen molar-refractivity contribution in [2.45, 2.75) is 18.7 Å². The van der Waals surface area contributed by atoms with Crippen LogP contribution in [0.25, 0.3) is 22.3 Å². The lowest BCUT2D eigenvalue weighted by atomic mass is 10.0. The Hall–Kier alpha value is -3.84. The third kappa shape index (κ3) is 5.36. The summed E-state index contributed by atoms with van der Waals surface area (Å²) < 4.78 is 87.4. The fourth-order valence-corrected chi connectivity index (χ4v) is 4.52. The molecule has 0 aliphatic carbocycles. The van der Waals surface area contributed by atoms with E-state index in [1.807, 2.05) is 35.2 Å². The number of morpholine rings is 1. The first-order valence-electron chi connectivity index (χ1n) is 12.0. The van der Waals surface area contributed by atoms with Crippen molar-refractivity contribution >= 4 is 17.0 Å². The second kappa shape index (κ2) is 10.7. The smallest absolute Gasteiger partial charge is 0.419 e. The third-order valence-corrected chi connectivity index (χ3v) is 6.34. The molecule has 1 aliphatic heterocycles. The summed E-state index contributed by atoms with van der Waals surface area (Å²) in [7, 11) is 2.69. The van der Waals surface area contributed by atoms with Crippen LogP contribution in [0.5, 0.6) is 5.75 Å². The molecule has 1 aliphatic rings. The summed E-state index contributed by atoms with van der Waals surface area (Å²) in [6.07, 6.45) is -3.14. The van der Waals surface area contributed by atoms with Crippen molar-refractivity contribution < 1.29 is 36.2 Å². The van der Waals surface area contributed by atoms with Crippen LogP contribution in [0.15, 0.2) is 42.6 Å². The highest BCUT2D eigenvalue weighted by Gasteiger charge is 2.39. The molecule has 0 N–H and O–H groups in total. The molecule has 39 heavy (non-hydrogen) atoms. The molecule has 1 saturated heterocycles. The van der Waals surface area contributed by atoms with Gasteiger partial charge in [0.25, 0.3) is 0 Å². The number of benzene rings is 2. The summed E-state index contributed by atoms with van der Waals surface area (Å²) in [5.41, 5.74) is -1.10. The lowest BCUT2D eigenvalue weighted by Crippen LogP contribution is -2.44. The Morgan fingerprint density at radius 3 is 2.62 bits per heavy atom. The Labute approximate surface area is 219 Å². The number of halogens is 5. The largest absolute Gasteiger partial charge is 0.461 e. The molecule has 2 aromatic heterocycles. The van der Waals surface area contributed by atoms with Gasteiger partial charge in [0.2, 0.25) is 5.95 Å². The van der Waals surface area contributed by atoms with E-state index in [2.05, 4.69) is 19.8 Å². The number of methoxy groups -OCH3 is 1. The van der Waals surface area contributed by atoms with E-state index in [0.29, 0.717) is 38.1 Å². The topological polar surface area (TPSA) is 74.5 Å². The first-order valence-corrected chi connectivity index (χ1v) is 12.0. The van der Waals surface area contributed by atoms with Gasteiger partial charge >= 0.3 is 6.18 Å². The number of aryl methyl sites for hydroxylation is 1. The van der Waals surface area contributed by atoms with Gasteiger partial charge in [-0.3, -0.25) is 0 Å². The molecule has 4 aromatic rings. The quantitative estimate of drug-likeness (QED) is 0.243. The van der Waals surface area contributed by atoms with Gasteiger partial charge in [-0.1, -0.05) is 30.3 Å². The molecule has 1 atom stereocenters. The first-order chi connectivity index (χ1) is 18.7. The predicted octanol–water partition coefficient (Wildman–Crippen LogP) is 4.76. The summed E-state index contributed by atoms with van der Waals surface area (Å²) in [5.74, 6) is -4.07. The molecule has 0 radical (unpaired) electrons. The number of alkyl halides is 3. The standard InChI is InChI=1S/C26H24F5N5O3/c1-35-24-18(12-32-25(33-24)36-8-9-38-16(13-36)10-15-6-4-3-5-7-15)22(34-35)17-11-19(26(29,30)31)21(28)23(20(17)27)39-14-37-2/h3-7,11-12,16H,8-10,13-14H2,1-2H3/t16-/m0/s1. The molecule has 2 aromatic carbocycles. The van der Waals surface area contributed by atoms with Crippen LogP contribution in [0.4, 0.5) is 27.9 Å². The average Bonchev–Trinajstić information content (AvgIpc) is 3.24. The van der Waals surface area contributed by atoms with Gasteiger partial charge in [0.15, 0.2) is 29.8 Å². The van der Waals surface area contributed by atoms with Gasteiger partial charge in [-0.05, 0) is 11.6 Å². The second-order valence-electron chi connectivity index (χ2n) is 8.99. The Morgan fingerprint density at radius 1 is 1.13 bits per heavy atom.